The quantitative estimate of drug-likeness (QED) is 0.607. The molecule has 0 saturated carbocycles. The summed E-state index contributed by atoms with van der Waals surface area (Å²) in [5.74, 6) is -0.524. The van der Waals surface area contributed by atoms with Gasteiger partial charge in [-0.05, 0) is 43.3 Å². The lowest BCUT2D eigenvalue weighted by atomic mass is 10.2. The molecule has 1 heterocycles. The van der Waals surface area contributed by atoms with E-state index in [1.165, 1.54) is 40.4 Å². The molecule has 2 aromatic rings. The molecule has 1 fully saturated rings. The lowest BCUT2D eigenvalue weighted by Crippen LogP contribution is -2.51. The average Bonchev–Trinajstić information content (AvgIpc) is 2.77. The van der Waals surface area contributed by atoms with Gasteiger partial charge in [0, 0.05) is 31.7 Å². The molecule has 0 aliphatic carbocycles. The maximum absolute atomic E-state index is 12.9. The summed E-state index contributed by atoms with van der Waals surface area (Å²) in [5.41, 5.74) is -0.525. The topological polar surface area (TPSA) is 84.0 Å². The number of hydrogen-bond donors (Lipinski definition) is 0. The van der Waals surface area contributed by atoms with Gasteiger partial charge in [0.1, 0.15) is 5.75 Å². The Morgan fingerprint density at radius 3 is 2.19 bits per heavy atom. The summed E-state index contributed by atoms with van der Waals surface area (Å²) >= 11 is 0. The van der Waals surface area contributed by atoms with Gasteiger partial charge < -0.3 is 9.64 Å². The summed E-state index contributed by atoms with van der Waals surface area (Å²) < 4.78 is 70.0. The number of ether oxygens (including phenoxy) is 1. The van der Waals surface area contributed by atoms with E-state index in [0.29, 0.717) is 5.56 Å². The molecule has 11 heteroatoms. The van der Waals surface area contributed by atoms with Gasteiger partial charge in [0.05, 0.1) is 10.5 Å². The van der Waals surface area contributed by atoms with Gasteiger partial charge in [-0.25, -0.2) is 8.42 Å². The monoisotopic (exact) mass is 470 g/mol. The van der Waals surface area contributed by atoms with Crippen molar-refractivity contribution >= 4 is 21.7 Å². The highest BCUT2D eigenvalue weighted by Crippen LogP contribution is 2.30. The second-order valence-corrected chi connectivity index (χ2v) is 9.12. The van der Waals surface area contributed by atoms with E-state index >= 15 is 0 Å². The number of hydrogen-bond acceptors (Lipinski definition) is 5. The van der Waals surface area contributed by atoms with Crippen molar-refractivity contribution in [2.75, 3.05) is 32.8 Å². The smallest absolute Gasteiger partial charge is 0.416 e. The Morgan fingerprint density at radius 1 is 1.00 bits per heavy atom. The summed E-state index contributed by atoms with van der Waals surface area (Å²) in [4.78, 5) is 25.3. The van der Waals surface area contributed by atoms with E-state index in [4.69, 9.17) is 4.74 Å². The van der Waals surface area contributed by atoms with E-state index in [1.54, 1.807) is 0 Å². The molecule has 172 valence electrons. The summed E-state index contributed by atoms with van der Waals surface area (Å²) in [6.07, 6.45) is -4.46. The number of alkyl halides is 3. The number of Topliss-reactive ketones (excluding diaryl/α,β-unsaturated/α-hetero) is 1. The largest absolute Gasteiger partial charge is 0.484 e. The van der Waals surface area contributed by atoms with Crippen molar-refractivity contribution in [1.29, 1.82) is 0 Å². The first-order valence-corrected chi connectivity index (χ1v) is 11.1. The van der Waals surface area contributed by atoms with Gasteiger partial charge in [-0.2, -0.15) is 17.5 Å². The molecule has 0 spiro atoms. The lowest BCUT2D eigenvalue weighted by Gasteiger charge is -2.34. The molecule has 0 unspecified atom stereocenters. The first-order valence-electron chi connectivity index (χ1n) is 9.67. The predicted octanol–water partition coefficient (Wildman–Crippen LogP) is 2.82. The first kappa shape index (κ1) is 23.7. The Bertz CT molecular complexity index is 1090. The fourth-order valence-corrected chi connectivity index (χ4v) is 4.65. The van der Waals surface area contributed by atoms with E-state index < -0.39 is 27.7 Å². The Hall–Kier alpha value is -2.92. The minimum Gasteiger partial charge on any atom is -0.484 e. The summed E-state index contributed by atoms with van der Waals surface area (Å²) in [6.45, 7) is 1.39. The number of nitrogens with zero attached hydrogens (tertiary/aromatic N) is 2. The SMILES string of the molecule is CC(=O)c1cccc(S(=O)(=O)N2CCN(C(=O)COc3ccc(C(F)(F)F)cc3)CC2)c1. The minimum absolute atomic E-state index is 0.00983. The van der Waals surface area contributed by atoms with Crippen molar-refractivity contribution in [2.45, 2.75) is 18.0 Å². The molecule has 1 aliphatic rings. The van der Waals surface area contributed by atoms with E-state index in [0.717, 1.165) is 24.3 Å². The second-order valence-electron chi connectivity index (χ2n) is 7.18. The molecular formula is C21H21F3N2O5S. The first-order chi connectivity index (χ1) is 15.0. The summed E-state index contributed by atoms with van der Waals surface area (Å²) in [5, 5.41) is 0. The van der Waals surface area contributed by atoms with Gasteiger partial charge in [-0.3, -0.25) is 9.59 Å². The fraction of sp³-hybridized carbons (Fsp3) is 0.333. The molecule has 0 N–H and O–H groups in total. The van der Waals surface area contributed by atoms with Gasteiger partial charge in [0.15, 0.2) is 12.4 Å². The van der Waals surface area contributed by atoms with Crippen molar-refractivity contribution in [3.8, 4) is 5.75 Å². The number of piperazine rings is 1. The van der Waals surface area contributed by atoms with Crippen LogP contribution in [0.4, 0.5) is 13.2 Å². The maximum atomic E-state index is 12.9. The minimum atomic E-state index is -4.46. The Kier molecular flexibility index (Phi) is 6.89. The highest BCUT2D eigenvalue weighted by atomic mass is 32.2. The molecule has 1 aliphatic heterocycles. The summed E-state index contributed by atoms with van der Waals surface area (Å²) in [7, 11) is -3.82. The van der Waals surface area contributed by atoms with Gasteiger partial charge in [-0.15, -0.1) is 0 Å². The van der Waals surface area contributed by atoms with Crippen LogP contribution in [0.2, 0.25) is 0 Å². The number of ketones is 1. The Balaban J connectivity index is 1.55. The van der Waals surface area contributed by atoms with Gasteiger partial charge in [-0.1, -0.05) is 12.1 Å². The van der Waals surface area contributed by atoms with Crippen LogP contribution in [-0.2, 0) is 21.0 Å². The molecule has 3 rings (SSSR count). The van der Waals surface area contributed by atoms with Crippen molar-refractivity contribution < 1.29 is 35.9 Å². The maximum Gasteiger partial charge on any atom is 0.416 e. The zero-order chi connectivity index (χ0) is 23.5. The van der Waals surface area contributed by atoms with Crippen LogP contribution in [-0.4, -0.2) is 62.1 Å². The van der Waals surface area contributed by atoms with E-state index in [9.17, 15) is 31.2 Å². The zero-order valence-electron chi connectivity index (χ0n) is 17.1. The van der Waals surface area contributed by atoms with Gasteiger partial charge in [0.2, 0.25) is 10.0 Å². The third kappa shape index (κ3) is 5.46. The van der Waals surface area contributed by atoms with Crippen molar-refractivity contribution in [3.05, 3.63) is 59.7 Å². The van der Waals surface area contributed by atoms with Crippen LogP contribution in [0, 0.1) is 0 Å². The van der Waals surface area contributed by atoms with Crippen LogP contribution in [0.1, 0.15) is 22.8 Å². The van der Waals surface area contributed by atoms with Crippen LogP contribution < -0.4 is 4.74 Å². The number of sulfonamides is 1. The van der Waals surface area contributed by atoms with Crippen LogP contribution in [0.5, 0.6) is 5.75 Å². The number of amides is 1. The Morgan fingerprint density at radius 2 is 1.62 bits per heavy atom. The molecule has 0 aromatic heterocycles. The van der Waals surface area contributed by atoms with E-state index in [2.05, 4.69) is 0 Å². The van der Waals surface area contributed by atoms with Gasteiger partial charge in [0.25, 0.3) is 5.91 Å². The number of halogens is 3. The number of rotatable bonds is 6. The average molecular weight is 470 g/mol. The number of benzene rings is 2. The van der Waals surface area contributed by atoms with Crippen molar-refractivity contribution in [2.24, 2.45) is 0 Å². The predicted molar refractivity (Wildman–Crippen MR) is 109 cm³/mol. The molecule has 0 atom stereocenters. The van der Waals surface area contributed by atoms with E-state index in [1.807, 2.05) is 0 Å². The van der Waals surface area contributed by atoms with Crippen LogP contribution >= 0.6 is 0 Å². The van der Waals surface area contributed by atoms with Crippen LogP contribution in [0.3, 0.4) is 0 Å². The molecule has 0 bridgehead atoms. The molecule has 7 nitrogen and oxygen atoms in total. The molecule has 32 heavy (non-hydrogen) atoms. The molecule has 1 saturated heterocycles. The van der Waals surface area contributed by atoms with Crippen LogP contribution in [0.15, 0.2) is 53.4 Å². The van der Waals surface area contributed by atoms with E-state index in [-0.39, 0.29) is 49.2 Å². The molecule has 2 aromatic carbocycles. The highest BCUT2D eigenvalue weighted by molar-refractivity contribution is 7.89. The third-order valence-electron chi connectivity index (χ3n) is 5.01. The second kappa shape index (κ2) is 9.29. The number of carbonyl (C=O) groups excluding carboxylic acids is 2. The molecule has 0 radical (unpaired) electrons. The van der Waals surface area contributed by atoms with Crippen LogP contribution in [0.25, 0.3) is 0 Å². The lowest BCUT2D eigenvalue weighted by molar-refractivity contribution is -0.138. The standard InChI is InChI=1S/C21H21F3N2O5S/c1-15(27)16-3-2-4-19(13-16)32(29,30)26-11-9-25(10-12-26)20(28)14-31-18-7-5-17(6-8-18)21(22,23)24/h2-8,13H,9-12,14H2,1H3. The summed E-state index contributed by atoms with van der Waals surface area (Å²) in [6, 6.07) is 9.78. The zero-order valence-corrected chi connectivity index (χ0v) is 17.9. The third-order valence-corrected chi connectivity index (χ3v) is 6.91. The van der Waals surface area contributed by atoms with Crippen molar-refractivity contribution in [3.63, 3.8) is 0 Å². The highest BCUT2D eigenvalue weighted by Gasteiger charge is 2.31. The van der Waals surface area contributed by atoms with Gasteiger partial charge >= 0.3 is 6.18 Å². The molecule has 1 amide bonds. The Labute approximate surface area is 183 Å². The molecular weight excluding hydrogens is 449 g/mol. The number of carbonyl (C=O) groups is 2. The fourth-order valence-electron chi connectivity index (χ4n) is 3.18. The van der Waals surface area contributed by atoms with Crippen molar-refractivity contribution in [1.82, 2.24) is 9.21 Å². The normalized spacial score (nSPS) is 15.4.